The molecular weight excluding hydrogens is 226 g/mol. The normalized spacial score (nSPS) is 22.1. The van der Waals surface area contributed by atoms with Crippen LogP contribution in [0.2, 0.25) is 5.15 Å². The van der Waals surface area contributed by atoms with E-state index in [2.05, 4.69) is 22.2 Å². The molecular formula is C11H16ClN3O. The quantitative estimate of drug-likeness (QED) is 0.826. The van der Waals surface area contributed by atoms with Crippen molar-refractivity contribution in [1.29, 1.82) is 0 Å². The molecule has 1 N–H and O–H groups in total. The van der Waals surface area contributed by atoms with Gasteiger partial charge in [-0.3, -0.25) is 0 Å². The highest BCUT2D eigenvalue weighted by atomic mass is 35.5. The maximum Gasteiger partial charge on any atom is 0.137 e. The van der Waals surface area contributed by atoms with Gasteiger partial charge in [-0.05, 0) is 26.7 Å². The summed E-state index contributed by atoms with van der Waals surface area (Å²) in [6.45, 7) is 4.87. The lowest BCUT2D eigenvalue weighted by Gasteiger charge is -2.21. The van der Waals surface area contributed by atoms with Gasteiger partial charge in [-0.1, -0.05) is 11.6 Å². The second-order valence-corrected chi connectivity index (χ2v) is 4.48. The Morgan fingerprint density at radius 3 is 3.06 bits per heavy atom. The van der Waals surface area contributed by atoms with Crippen molar-refractivity contribution in [2.45, 2.75) is 38.8 Å². The molecule has 0 radical (unpaired) electrons. The summed E-state index contributed by atoms with van der Waals surface area (Å²) < 4.78 is 5.62. The highest BCUT2D eigenvalue weighted by molar-refractivity contribution is 6.30. The first-order valence-corrected chi connectivity index (χ1v) is 5.91. The molecule has 0 saturated carbocycles. The molecule has 0 aliphatic carbocycles. The molecule has 0 aromatic carbocycles. The van der Waals surface area contributed by atoms with Gasteiger partial charge < -0.3 is 10.1 Å². The van der Waals surface area contributed by atoms with Crippen molar-refractivity contribution in [3.8, 4) is 0 Å². The first kappa shape index (κ1) is 11.6. The molecule has 0 bridgehead atoms. The van der Waals surface area contributed by atoms with Crippen LogP contribution in [0.3, 0.4) is 0 Å². The van der Waals surface area contributed by atoms with Crippen LogP contribution in [-0.2, 0) is 4.74 Å². The van der Waals surface area contributed by atoms with Gasteiger partial charge in [0.2, 0.25) is 0 Å². The van der Waals surface area contributed by atoms with Gasteiger partial charge in [0.05, 0.1) is 12.1 Å². The van der Waals surface area contributed by atoms with E-state index in [1.165, 1.54) is 6.33 Å². The molecule has 4 nitrogen and oxygen atoms in total. The Labute approximate surface area is 100 Å². The van der Waals surface area contributed by atoms with E-state index in [0.29, 0.717) is 5.15 Å². The molecule has 0 spiro atoms. The van der Waals surface area contributed by atoms with Gasteiger partial charge in [0, 0.05) is 12.2 Å². The van der Waals surface area contributed by atoms with E-state index in [0.717, 1.165) is 30.8 Å². The number of nitrogens with one attached hydrogen (secondary N) is 1. The summed E-state index contributed by atoms with van der Waals surface area (Å²) in [5.74, 6) is 0.794. The zero-order valence-corrected chi connectivity index (χ0v) is 10.3. The third kappa shape index (κ3) is 2.44. The number of hydrogen-bond acceptors (Lipinski definition) is 4. The molecule has 1 aliphatic rings. The molecule has 5 heteroatoms. The Hall–Kier alpha value is -0.870. The highest BCUT2D eigenvalue weighted by Gasteiger charge is 2.23. The van der Waals surface area contributed by atoms with Crippen LogP contribution >= 0.6 is 11.6 Å². The predicted octanol–water partition coefficient (Wildman–Crippen LogP) is 2.42. The standard InChI is InChI=1S/C11H16ClN3O/c1-7-10(12)13-6-14-11(7)15-8(2)9-4-3-5-16-9/h6,8-9H,3-5H2,1-2H3,(H,13,14,15). The maximum atomic E-state index is 5.93. The number of hydrogen-bond donors (Lipinski definition) is 1. The average Bonchev–Trinajstić information content (AvgIpc) is 2.78. The Balaban J connectivity index is 2.05. The largest absolute Gasteiger partial charge is 0.376 e. The zero-order valence-electron chi connectivity index (χ0n) is 9.53. The van der Waals surface area contributed by atoms with E-state index in [1.54, 1.807) is 0 Å². The number of anilines is 1. The Morgan fingerprint density at radius 2 is 2.38 bits per heavy atom. The van der Waals surface area contributed by atoms with Crippen molar-refractivity contribution in [1.82, 2.24) is 9.97 Å². The van der Waals surface area contributed by atoms with Crippen LogP contribution in [0.1, 0.15) is 25.3 Å². The van der Waals surface area contributed by atoms with Crippen molar-refractivity contribution in [2.75, 3.05) is 11.9 Å². The summed E-state index contributed by atoms with van der Waals surface area (Å²) in [6, 6.07) is 0.243. The smallest absolute Gasteiger partial charge is 0.137 e. The van der Waals surface area contributed by atoms with Gasteiger partial charge in [0.15, 0.2) is 0 Å². The number of ether oxygens (including phenoxy) is 1. The summed E-state index contributed by atoms with van der Waals surface area (Å²) in [6.07, 6.45) is 3.99. The third-order valence-electron chi connectivity index (χ3n) is 2.91. The molecule has 1 saturated heterocycles. The molecule has 1 fully saturated rings. The van der Waals surface area contributed by atoms with Crippen molar-refractivity contribution >= 4 is 17.4 Å². The van der Waals surface area contributed by atoms with Gasteiger partial charge >= 0.3 is 0 Å². The van der Waals surface area contributed by atoms with Gasteiger partial charge in [0.25, 0.3) is 0 Å². The van der Waals surface area contributed by atoms with Crippen LogP contribution in [0, 0.1) is 6.92 Å². The molecule has 88 valence electrons. The summed E-state index contributed by atoms with van der Waals surface area (Å²) in [7, 11) is 0. The molecule has 16 heavy (non-hydrogen) atoms. The lowest BCUT2D eigenvalue weighted by atomic mass is 10.1. The van der Waals surface area contributed by atoms with Gasteiger partial charge in [-0.15, -0.1) is 0 Å². The van der Waals surface area contributed by atoms with E-state index in [9.17, 15) is 0 Å². The molecule has 2 unspecified atom stereocenters. The maximum absolute atomic E-state index is 5.93. The lowest BCUT2D eigenvalue weighted by molar-refractivity contribution is 0.0995. The van der Waals surface area contributed by atoms with Gasteiger partial charge in [0.1, 0.15) is 17.3 Å². The molecule has 1 aromatic heterocycles. The molecule has 2 rings (SSSR count). The molecule has 2 heterocycles. The third-order valence-corrected chi connectivity index (χ3v) is 3.29. The SMILES string of the molecule is Cc1c(Cl)ncnc1NC(C)C1CCCO1. The van der Waals surface area contributed by atoms with Crippen molar-refractivity contribution < 1.29 is 4.74 Å². The fourth-order valence-electron chi connectivity index (χ4n) is 1.88. The summed E-state index contributed by atoms with van der Waals surface area (Å²) in [5.41, 5.74) is 0.883. The number of nitrogens with zero attached hydrogens (tertiary/aromatic N) is 2. The first-order valence-electron chi connectivity index (χ1n) is 5.53. The van der Waals surface area contributed by atoms with E-state index in [4.69, 9.17) is 16.3 Å². The fourth-order valence-corrected chi connectivity index (χ4v) is 2.01. The molecule has 2 atom stereocenters. The molecule has 1 aliphatic heterocycles. The van der Waals surface area contributed by atoms with E-state index < -0.39 is 0 Å². The first-order chi connectivity index (χ1) is 7.68. The van der Waals surface area contributed by atoms with Gasteiger partial charge in [-0.2, -0.15) is 0 Å². The Bertz CT molecular complexity index is 366. The van der Waals surface area contributed by atoms with Crippen molar-refractivity contribution in [3.63, 3.8) is 0 Å². The highest BCUT2D eigenvalue weighted by Crippen LogP contribution is 2.22. The zero-order chi connectivity index (χ0) is 11.5. The molecule has 0 amide bonds. The monoisotopic (exact) mass is 241 g/mol. The van der Waals surface area contributed by atoms with Crippen LogP contribution in [-0.4, -0.2) is 28.7 Å². The summed E-state index contributed by atoms with van der Waals surface area (Å²) in [4.78, 5) is 8.12. The van der Waals surface area contributed by atoms with Crippen LogP contribution in [0.4, 0.5) is 5.82 Å². The van der Waals surface area contributed by atoms with E-state index >= 15 is 0 Å². The summed E-state index contributed by atoms with van der Waals surface area (Å²) in [5, 5.41) is 3.83. The topological polar surface area (TPSA) is 47.0 Å². The van der Waals surface area contributed by atoms with Crippen LogP contribution in [0.15, 0.2) is 6.33 Å². The second kappa shape index (κ2) is 4.97. The van der Waals surface area contributed by atoms with Crippen molar-refractivity contribution in [2.24, 2.45) is 0 Å². The van der Waals surface area contributed by atoms with E-state index in [-0.39, 0.29) is 12.1 Å². The van der Waals surface area contributed by atoms with Gasteiger partial charge in [-0.25, -0.2) is 9.97 Å². The number of rotatable bonds is 3. The number of halogens is 1. The Morgan fingerprint density at radius 1 is 1.56 bits per heavy atom. The fraction of sp³-hybridized carbons (Fsp3) is 0.636. The van der Waals surface area contributed by atoms with Crippen LogP contribution in [0.5, 0.6) is 0 Å². The van der Waals surface area contributed by atoms with Crippen LogP contribution < -0.4 is 5.32 Å². The minimum Gasteiger partial charge on any atom is -0.376 e. The van der Waals surface area contributed by atoms with E-state index in [1.807, 2.05) is 6.92 Å². The minimum absolute atomic E-state index is 0.243. The second-order valence-electron chi connectivity index (χ2n) is 4.12. The number of aromatic nitrogens is 2. The molecule has 1 aromatic rings. The predicted molar refractivity (Wildman–Crippen MR) is 63.8 cm³/mol. The lowest BCUT2D eigenvalue weighted by Crippen LogP contribution is -2.30. The minimum atomic E-state index is 0.243. The summed E-state index contributed by atoms with van der Waals surface area (Å²) >= 11 is 5.93. The Kier molecular flexibility index (Phi) is 3.61. The van der Waals surface area contributed by atoms with Crippen LogP contribution in [0.25, 0.3) is 0 Å². The van der Waals surface area contributed by atoms with Crippen molar-refractivity contribution in [3.05, 3.63) is 17.0 Å². The average molecular weight is 242 g/mol.